The molecule has 2 aromatic heterocycles. The maximum Gasteiger partial charge on any atom is 0.148 e. The van der Waals surface area contributed by atoms with E-state index in [4.69, 9.17) is 5.26 Å². The molecular weight excluding hydrogens is 262 g/mol. The molecule has 3 rings (SSSR count). The molecule has 1 N–H and O–H groups in total. The summed E-state index contributed by atoms with van der Waals surface area (Å²) >= 11 is 0. The fourth-order valence-electron chi connectivity index (χ4n) is 2.02. The van der Waals surface area contributed by atoms with Crippen molar-refractivity contribution in [2.45, 2.75) is 6.54 Å². The highest BCUT2D eigenvalue weighted by Gasteiger charge is 2.05. The van der Waals surface area contributed by atoms with Crippen molar-refractivity contribution in [3.8, 4) is 6.07 Å². The second kappa shape index (κ2) is 5.88. The Balaban J connectivity index is 1.75. The number of hydrogen-bond acceptors (Lipinski definition) is 4. The van der Waals surface area contributed by atoms with Crippen LogP contribution >= 0.6 is 0 Å². The average molecular weight is 275 g/mol. The Hall–Kier alpha value is -3.13. The topological polar surface area (TPSA) is 66.5 Å². The normalized spacial score (nSPS) is 10.0. The van der Waals surface area contributed by atoms with E-state index in [1.165, 1.54) is 5.56 Å². The van der Waals surface area contributed by atoms with Gasteiger partial charge < -0.3 is 5.32 Å². The van der Waals surface area contributed by atoms with Gasteiger partial charge in [0.1, 0.15) is 11.9 Å². The molecule has 0 atom stereocenters. The summed E-state index contributed by atoms with van der Waals surface area (Å²) in [7, 11) is 0. The lowest BCUT2D eigenvalue weighted by atomic mass is 10.2. The molecule has 0 unspecified atom stereocenters. The van der Waals surface area contributed by atoms with Gasteiger partial charge in [-0.05, 0) is 17.7 Å². The summed E-state index contributed by atoms with van der Waals surface area (Å²) in [4.78, 5) is 4.17. The number of nitriles is 1. The summed E-state index contributed by atoms with van der Waals surface area (Å²) < 4.78 is 1.84. The van der Waals surface area contributed by atoms with Gasteiger partial charge in [-0.2, -0.15) is 10.4 Å². The van der Waals surface area contributed by atoms with Crippen LogP contribution in [-0.4, -0.2) is 14.8 Å². The third kappa shape index (κ3) is 3.07. The van der Waals surface area contributed by atoms with Crippen LogP contribution in [0.15, 0.2) is 61.1 Å². The van der Waals surface area contributed by atoms with Crippen LogP contribution in [0.4, 0.5) is 11.5 Å². The SMILES string of the molecule is N#Cc1cccnc1Nc1cnn(Cc2ccccc2)c1. The molecule has 0 radical (unpaired) electrons. The minimum Gasteiger partial charge on any atom is -0.337 e. The van der Waals surface area contributed by atoms with E-state index >= 15 is 0 Å². The van der Waals surface area contributed by atoms with Gasteiger partial charge in [-0.25, -0.2) is 4.98 Å². The molecule has 2 heterocycles. The second-order valence-corrected chi connectivity index (χ2v) is 4.55. The number of pyridine rings is 1. The molecule has 0 saturated carbocycles. The summed E-state index contributed by atoms with van der Waals surface area (Å²) in [6, 6.07) is 15.7. The summed E-state index contributed by atoms with van der Waals surface area (Å²) in [5.74, 6) is 0.541. The fourth-order valence-corrected chi connectivity index (χ4v) is 2.02. The molecule has 21 heavy (non-hydrogen) atoms. The summed E-state index contributed by atoms with van der Waals surface area (Å²) in [6.07, 6.45) is 5.26. The van der Waals surface area contributed by atoms with Gasteiger partial charge in [-0.15, -0.1) is 0 Å². The van der Waals surface area contributed by atoms with Crippen molar-refractivity contribution in [3.05, 3.63) is 72.2 Å². The third-order valence-electron chi connectivity index (χ3n) is 3.01. The van der Waals surface area contributed by atoms with Crippen molar-refractivity contribution in [2.24, 2.45) is 0 Å². The first-order chi connectivity index (χ1) is 10.3. The van der Waals surface area contributed by atoms with E-state index in [9.17, 15) is 0 Å². The van der Waals surface area contributed by atoms with Gasteiger partial charge in [0, 0.05) is 12.4 Å². The Bertz CT molecular complexity index is 771. The Kier molecular flexibility index (Phi) is 3.61. The molecule has 0 bridgehead atoms. The van der Waals surface area contributed by atoms with Crippen molar-refractivity contribution in [1.29, 1.82) is 5.26 Å². The van der Waals surface area contributed by atoms with E-state index in [1.807, 2.05) is 29.1 Å². The molecule has 0 aliphatic heterocycles. The van der Waals surface area contributed by atoms with Crippen LogP contribution in [0.1, 0.15) is 11.1 Å². The summed E-state index contributed by atoms with van der Waals surface area (Å²) in [5, 5.41) is 16.5. The summed E-state index contributed by atoms with van der Waals surface area (Å²) in [5.41, 5.74) is 2.50. The fraction of sp³-hybridized carbons (Fsp3) is 0.0625. The number of hydrogen-bond donors (Lipinski definition) is 1. The van der Waals surface area contributed by atoms with E-state index in [2.05, 4.69) is 33.6 Å². The first kappa shape index (κ1) is 12.9. The molecule has 0 aliphatic carbocycles. The van der Waals surface area contributed by atoms with Crippen LogP contribution in [-0.2, 0) is 6.54 Å². The van der Waals surface area contributed by atoms with Gasteiger partial charge in [0.05, 0.1) is 24.0 Å². The van der Waals surface area contributed by atoms with E-state index in [0.717, 1.165) is 5.69 Å². The number of rotatable bonds is 4. The van der Waals surface area contributed by atoms with Crippen LogP contribution in [0.25, 0.3) is 0 Å². The first-order valence-corrected chi connectivity index (χ1v) is 6.53. The third-order valence-corrected chi connectivity index (χ3v) is 3.01. The quantitative estimate of drug-likeness (QED) is 0.795. The predicted molar refractivity (Wildman–Crippen MR) is 80.0 cm³/mol. The predicted octanol–water partition coefficient (Wildman–Crippen LogP) is 2.94. The molecule has 0 aliphatic rings. The lowest BCUT2D eigenvalue weighted by molar-refractivity contribution is 0.687. The number of anilines is 2. The van der Waals surface area contributed by atoms with Crippen molar-refractivity contribution in [2.75, 3.05) is 5.32 Å². The van der Waals surface area contributed by atoms with Gasteiger partial charge in [0.2, 0.25) is 0 Å². The van der Waals surface area contributed by atoms with Crippen LogP contribution in [0, 0.1) is 11.3 Å². The largest absolute Gasteiger partial charge is 0.337 e. The molecule has 5 heteroatoms. The molecular formula is C16H13N5. The average Bonchev–Trinajstić information content (AvgIpc) is 2.96. The maximum atomic E-state index is 9.05. The molecule has 0 fully saturated rings. The van der Waals surface area contributed by atoms with Crippen LogP contribution in [0.3, 0.4) is 0 Å². The number of benzene rings is 1. The number of nitrogens with zero attached hydrogens (tertiary/aromatic N) is 4. The van der Waals surface area contributed by atoms with Crippen molar-refractivity contribution < 1.29 is 0 Å². The highest BCUT2D eigenvalue weighted by Crippen LogP contribution is 2.17. The Morgan fingerprint density at radius 2 is 2.00 bits per heavy atom. The van der Waals surface area contributed by atoms with E-state index < -0.39 is 0 Å². The standard InChI is InChI=1S/C16H13N5/c17-9-14-7-4-8-18-16(14)20-15-10-19-21(12-15)11-13-5-2-1-3-6-13/h1-8,10,12H,11H2,(H,18,20). The monoisotopic (exact) mass is 275 g/mol. The smallest absolute Gasteiger partial charge is 0.148 e. The highest BCUT2D eigenvalue weighted by atomic mass is 15.3. The number of aromatic nitrogens is 3. The Morgan fingerprint density at radius 1 is 1.14 bits per heavy atom. The van der Waals surface area contributed by atoms with Gasteiger partial charge >= 0.3 is 0 Å². The second-order valence-electron chi connectivity index (χ2n) is 4.55. The Labute approximate surface area is 122 Å². The molecule has 0 amide bonds. The van der Waals surface area contributed by atoms with Crippen LogP contribution < -0.4 is 5.32 Å². The van der Waals surface area contributed by atoms with Crippen molar-refractivity contribution in [3.63, 3.8) is 0 Å². The van der Waals surface area contributed by atoms with Crippen molar-refractivity contribution in [1.82, 2.24) is 14.8 Å². The molecule has 0 saturated heterocycles. The zero-order valence-electron chi connectivity index (χ0n) is 11.3. The highest BCUT2D eigenvalue weighted by molar-refractivity contribution is 5.61. The minimum atomic E-state index is 0.508. The van der Waals surface area contributed by atoms with Gasteiger partial charge in [0.15, 0.2) is 0 Å². The van der Waals surface area contributed by atoms with Gasteiger partial charge in [-0.3, -0.25) is 4.68 Å². The molecule has 0 spiro atoms. The van der Waals surface area contributed by atoms with Gasteiger partial charge in [-0.1, -0.05) is 30.3 Å². The zero-order valence-corrected chi connectivity index (χ0v) is 11.3. The van der Waals surface area contributed by atoms with Gasteiger partial charge in [0.25, 0.3) is 0 Å². The lowest BCUT2D eigenvalue weighted by Crippen LogP contribution is -1.99. The lowest BCUT2D eigenvalue weighted by Gasteiger charge is -2.04. The Morgan fingerprint density at radius 3 is 2.81 bits per heavy atom. The van der Waals surface area contributed by atoms with Crippen LogP contribution in [0.2, 0.25) is 0 Å². The van der Waals surface area contributed by atoms with Crippen molar-refractivity contribution >= 4 is 11.5 Å². The molecule has 1 aromatic carbocycles. The van der Waals surface area contributed by atoms with Crippen LogP contribution in [0.5, 0.6) is 0 Å². The minimum absolute atomic E-state index is 0.508. The molecule has 3 aromatic rings. The number of nitrogens with one attached hydrogen (secondary N) is 1. The van der Waals surface area contributed by atoms with E-state index in [1.54, 1.807) is 24.5 Å². The van der Waals surface area contributed by atoms with E-state index in [0.29, 0.717) is 17.9 Å². The maximum absolute atomic E-state index is 9.05. The molecule has 102 valence electrons. The first-order valence-electron chi connectivity index (χ1n) is 6.53. The molecule has 5 nitrogen and oxygen atoms in total. The zero-order chi connectivity index (χ0) is 14.5. The van der Waals surface area contributed by atoms with E-state index in [-0.39, 0.29) is 0 Å². The summed E-state index contributed by atoms with van der Waals surface area (Å²) in [6.45, 7) is 0.704.